The number of rotatable bonds is 4. The van der Waals surface area contributed by atoms with Gasteiger partial charge in [-0.2, -0.15) is 0 Å². The van der Waals surface area contributed by atoms with Gasteiger partial charge in [0.15, 0.2) is 0 Å². The van der Waals surface area contributed by atoms with Gasteiger partial charge in [-0.05, 0) is 48.4 Å². The minimum absolute atomic E-state index is 0.0758. The van der Waals surface area contributed by atoms with Crippen molar-refractivity contribution in [3.05, 3.63) is 33.8 Å². The van der Waals surface area contributed by atoms with Gasteiger partial charge in [0.1, 0.15) is 0 Å². The smallest absolute Gasteiger partial charge is 0.223 e. The summed E-state index contributed by atoms with van der Waals surface area (Å²) in [5.74, 6) is 1.44. The van der Waals surface area contributed by atoms with Gasteiger partial charge >= 0.3 is 0 Å². The molecule has 0 spiro atoms. The van der Waals surface area contributed by atoms with Crippen molar-refractivity contribution in [3.8, 4) is 0 Å². The zero-order chi connectivity index (χ0) is 14.3. The molecule has 3 rings (SSSR count). The standard InChI is InChI=1S/C15H17Cl2NO2/c16-9-4-8(5-10(17)6-9)13(19)7-18-15(20)14-11-2-1-3-12(11)14/h4-6,11-14,19H,1-3,7H2,(H,18,20). The minimum atomic E-state index is -0.784. The number of aliphatic hydroxyl groups is 1. The van der Waals surface area contributed by atoms with Crippen LogP contribution in [0.25, 0.3) is 0 Å². The zero-order valence-electron chi connectivity index (χ0n) is 11.0. The molecular weight excluding hydrogens is 297 g/mol. The molecule has 1 amide bonds. The summed E-state index contributed by atoms with van der Waals surface area (Å²) >= 11 is 11.8. The molecule has 2 aliphatic rings. The minimum Gasteiger partial charge on any atom is -0.387 e. The van der Waals surface area contributed by atoms with E-state index >= 15 is 0 Å². The molecule has 0 bridgehead atoms. The molecule has 1 aromatic rings. The third kappa shape index (κ3) is 2.80. The molecule has 3 unspecified atom stereocenters. The number of halogens is 2. The number of benzene rings is 1. The van der Waals surface area contributed by atoms with Gasteiger partial charge in [0.05, 0.1) is 6.10 Å². The summed E-state index contributed by atoms with van der Waals surface area (Å²) in [6.45, 7) is 0.200. The number of hydrogen-bond acceptors (Lipinski definition) is 2. The van der Waals surface area contributed by atoms with E-state index in [1.807, 2.05) is 0 Å². The molecule has 20 heavy (non-hydrogen) atoms. The molecule has 0 aromatic heterocycles. The Labute approximate surface area is 128 Å². The highest BCUT2D eigenvalue weighted by Gasteiger charge is 2.56. The van der Waals surface area contributed by atoms with Crippen LogP contribution in [-0.2, 0) is 4.79 Å². The van der Waals surface area contributed by atoms with E-state index in [1.54, 1.807) is 18.2 Å². The molecule has 2 fully saturated rings. The number of hydrogen-bond donors (Lipinski definition) is 2. The summed E-state index contributed by atoms with van der Waals surface area (Å²) in [6, 6.07) is 4.94. The average molecular weight is 314 g/mol. The van der Waals surface area contributed by atoms with E-state index in [1.165, 1.54) is 19.3 Å². The average Bonchev–Trinajstić information content (AvgIpc) is 2.87. The SMILES string of the molecule is O=C(NCC(O)c1cc(Cl)cc(Cl)c1)C1C2CCCC21. The molecule has 1 aromatic carbocycles. The molecule has 0 heterocycles. The first-order valence-corrected chi connectivity index (χ1v) is 7.73. The van der Waals surface area contributed by atoms with Crippen LogP contribution >= 0.6 is 23.2 Å². The van der Waals surface area contributed by atoms with Gasteiger partial charge in [0, 0.05) is 22.5 Å². The lowest BCUT2D eigenvalue weighted by molar-refractivity contribution is -0.123. The van der Waals surface area contributed by atoms with Gasteiger partial charge < -0.3 is 10.4 Å². The molecule has 2 aliphatic carbocycles. The van der Waals surface area contributed by atoms with E-state index in [2.05, 4.69) is 5.32 Å². The van der Waals surface area contributed by atoms with Gasteiger partial charge in [-0.25, -0.2) is 0 Å². The van der Waals surface area contributed by atoms with Crippen LogP contribution in [0.2, 0.25) is 10.0 Å². The summed E-state index contributed by atoms with van der Waals surface area (Å²) in [6.07, 6.45) is 2.82. The Kier molecular flexibility index (Phi) is 3.93. The van der Waals surface area contributed by atoms with Crippen molar-refractivity contribution in [2.75, 3.05) is 6.54 Å². The maximum absolute atomic E-state index is 12.0. The van der Waals surface area contributed by atoms with Crippen LogP contribution in [0, 0.1) is 17.8 Å². The van der Waals surface area contributed by atoms with Crippen molar-refractivity contribution in [1.29, 1.82) is 0 Å². The molecule has 3 atom stereocenters. The second-order valence-electron chi connectivity index (χ2n) is 5.75. The lowest BCUT2D eigenvalue weighted by Gasteiger charge is -2.13. The molecule has 2 saturated carbocycles. The lowest BCUT2D eigenvalue weighted by atomic mass is 10.1. The maximum atomic E-state index is 12.0. The Hall–Kier alpha value is -0.770. The Morgan fingerprint density at radius 3 is 2.45 bits per heavy atom. The van der Waals surface area contributed by atoms with Crippen molar-refractivity contribution in [3.63, 3.8) is 0 Å². The summed E-state index contributed by atoms with van der Waals surface area (Å²) in [5, 5.41) is 13.9. The fraction of sp³-hybridized carbons (Fsp3) is 0.533. The largest absolute Gasteiger partial charge is 0.387 e. The first-order valence-electron chi connectivity index (χ1n) is 6.98. The molecule has 0 radical (unpaired) electrons. The molecule has 2 N–H and O–H groups in total. The van der Waals surface area contributed by atoms with Gasteiger partial charge in [-0.1, -0.05) is 29.6 Å². The summed E-state index contributed by atoms with van der Waals surface area (Å²) in [7, 11) is 0. The maximum Gasteiger partial charge on any atom is 0.223 e. The van der Waals surface area contributed by atoms with Crippen LogP contribution in [0.4, 0.5) is 0 Å². The third-order valence-electron chi connectivity index (χ3n) is 4.45. The van der Waals surface area contributed by atoms with Crippen LogP contribution in [-0.4, -0.2) is 17.6 Å². The first-order chi connectivity index (χ1) is 9.56. The quantitative estimate of drug-likeness (QED) is 0.897. The predicted molar refractivity (Wildman–Crippen MR) is 78.8 cm³/mol. The van der Waals surface area contributed by atoms with Gasteiger partial charge in [-0.3, -0.25) is 4.79 Å². The molecule has 0 aliphatic heterocycles. The van der Waals surface area contributed by atoms with Gasteiger partial charge in [0.25, 0.3) is 0 Å². The van der Waals surface area contributed by atoms with Crippen molar-refractivity contribution in [2.45, 2.75) is 25.4 Å². The topological polar surface area (TPSA) is 49.3 Å². The van der Waals surface area contributed by atoms with E-state index in [0.29, 0.717) is 27.4 Å². The number of carbonyl (C=O) groups is 1. The normalized spacial score (nSPS) is 28.9. The second kappa shape index (κ2) is 5.55. The van der Waals surface area contributed by atoms with E-state index in [4.69, 9.17) is 23.2 Å². The molecule has 0 saturated heterocycles. The number of nitrogens with one attached hydrogen (secondary N) is 1. The Morgan fingerprint density at radius 1 is 1.25 bits per heavy atom. The number of amides is 1. The highest BCUT2D eigenvalue weighted by Crippen LogP contribution is 2.57. The van der Waals surface area contributed by atoms with Crippen molar-refractivity contribution >= 4 is 29.1 Å². The van der Waals surface area contributed by atoms with E-state index in [-0.39, 0.29) is 18.4 Å². The predicted octanol–water partition coefficient (Wildman–Crippen LogP) is 3.19. The second-order valence-corrected chi connectivity index (χ2v) is 6.62. The Bertz CT molecular complexity index is 504. The molecular formula is C15H17Cl2NO2. The van der Waals surface area contributed by atoms with Crippen molar-refractivity contribution in [1.82, 2.24) is 5.32 Å². The molecule has 5 heteroatoms. The Balaban J connectivity index is 1.54. The van der Waals surface area contributed by atoms with Gasteiger partial charge in [-0.15, -0.1) is 0 Å². The fourth-order valence-electron chi connectivity index (χ4n) is 3.41. The van der Waals surface area contributed by atoms with Crippen LogP contribution in [0.5, 0.6) is 0 Å². The van der Waals surface area contributed by atoms with E-state index in [0.717, 1.165) is 0 Å². The first kappa shape index (κ1) is 14.2. The summed E-state index contributed by atoms with van der Waals surface area (Å²) < 4.78 is 0. The lowest BCUT2D eigenvalue weighted by Crippen LogP contribution is -2.30. The van der Waals surface area contributed by atoms with Crippen LogP contribution in [0.3, 0.4) is 0 Å². The van der Waals surface area contributed by atoms with E-state index in [9.17, 15) is 9.90 Å². The van der Waals surface area contributed by atoms with Crippen molar-refractivity contribution < 1.29 is 9.90 Å². The highest BCUT2D eigenvalue weighted by atomic mass is 35.5. The van der Waals surface area contributed by atoms with Gasteiger partial charge in [0.2, 0.25) is 5.91 Å². The summed E-state index contributed by atoms with van der Waals surface area (Å²) in [4.78, 5) is 12.0. The number of aliphatic hydroxyl groups excluding tert-OH is 1. The van der Waals surface area contributed by atoms with Crippen LogP contribution < -0.4 is 5.32 Å². The van der Waals surface area contributed by atoms with Crippen LogP contribution in [0.15, 0.2) is 18.2 Å². The molecule has 108 valence electrons. The monoisotopic (exact) mass is 313 g/mol. The highest BCUT2D eigenvalue weighted by molar-refractivity contribution is 6.34. The third-order valence-corrected chi connectivity index (χ3v) is 4.89. The number of fused-ring (bicyclic) bond motifs is 1. The number of carbonyl (C=O) groups excluding carboxylic acids is 1. The van der Waals surface area contributed by atoms with Crippen molar-refractivity contribution in [2.24, 2.45) is 17.8 Å². The Morgan fingerprint density at radius 2 is 1.85 bits per heavy atom. The zero-order valence-corrected chi connectivity index (χ0v) is 12.5. The van der Waals surface area contributed by atoms with E-state index < -0.39 is 6.10 Å². The molecule has 3 nitrogen and oxygen atoms in total. The summed E-state index contributed by atoms with van der Waals surface area (Å²) in [5.41, 5.74) is 0.624. The van der Waals surface area contributed by atoms with Crippen LogP contribution in [0.1, 0.15) is 30.9 Å². The fourth-order valence-corrected chi connectivity index (χ4v) is 3.95.